The van der Waals surface area contributed by atoms with Gasteiger partial charge in [0.15, 0.2) is 0 Å². The summed E-state index contributed by atoms with van der Waals surface area (Å²) in [4.78, 5) is 4.39. The first-order valence-electron chi connectivity index (χ1n) is 6.17. The molecule has 1 heterocycles. The van der Waals surface area contributed by atoms with Crippen molar-refractivity contribution in [1.29, 1.82) is 0 Å². The lowest BCUT2D eigenvalue weighted by Crippen LogP contribution is -2.15. The Morgan fingerprint density at radius 2 is 1.80 bits per heavy atom. The standard InChI is InChI=1S/C14H17N3O2S/c1-10-8-11(2)16-14(9-10)17-20(18,19)13-7-5-4-6-12(13)15-3/h4-9,15H,1-3H3,(H,16,17). The predicted octanol–water partition coefficient (Wildman–Crippen LogP) is 2.54. The molecule has 2 aromatic rings. The van der Waals surface area contributed by atoms with Gasteiger partial charge in [0.1, 0.15) is 10.7 Å². The second-order valence-electron chi connectivity index (χ2n) is 4.52. The zero-order chi connectivity index (χ0) is 14.8. The zero-order valence-corrected chi connectivity index (χ0v) is 12.5. The highest BCUT2D eigenvalue weighted by molar-refractivity contribution is 7.92. The molecule has 0 radical (unpaired) electrons. The van der Waals surface area contributed by atoms with E-state index in [2.05, 4.69) is 15.0 Å². The van der Waals surface area contributed by atoms with Crippen molar-refractivity contribution in [2.45, 2.75) is 18.7 Å². The molecule has 2 rings (SSSR count). The Kier molecular flexibility index (Phi) is 3.94. The van der Waals surface area contributed by atoms with Gasteiger partial charge >= 0.3 is 0 Å². The fraction of sp³-hybridized carbons (Fsp3) is 0.214. The summed E-state index contributed by atoms with van der Waals surface area (Å²) < 4.78 is 27.3. The topological polar surface area (TPSA) is 71.1 Å². The third kappa shape index (κ3) is 3.08. The van der Waals surface area contributed by atoms with Crippen LogP contribution < -0.4 is 10.0 Å². The Morgan fingerprint density at radius 3 is 2.45 bits per heavy atom. The summed E-state index contributed by atoms with van der Waals surface area (Å²) in [7, 11) is -1.98. The number of hydrogen-bond acceptors (Lipinski definition) is 4. The van der Waals surface area contributed by atoms with Gasteiger partial charge in [-0.3, -0.25) is 4.72 Å². The first kappa shape index (κ1) is 14.3. The molecule has 0 saturated carbocycles. The molecule has 6 heteroatoms. The molecule has 0 spiro atoms. The number of nitrogens with one attached hydrogen (secondary N) is 2. The normalized spacial score (nSPS) is 11.2. The minimum atomic E-state index is -3.66. The first-order chi connectivity index (χ1) is 9.42. The average Bonchev–Trinajstić information content (AvgIpc) is 2.36. The van der Waals surface area contributed by atoms with Gasteiger partial charge in [0.05, 0.1) is 5.69 Å². The third-order valence-corrected chi connectivity index (χ3v) is 4.20. The van der Waals surface area contributed by atoms with E-state index in [0.717, 1.165) is 11.3 Å². The van der Waals surface area contributed by atoms with Crippen LogP contribution in [0.4, 0.5) is 11.5 Å². The van der Waals surface area contributed by atoms with E-state index in [4.69, 9.17) is 0 Å². The fourth-order valence-corrected chi connectivity index (χ4v) is 3.20. The second kappa shape index (κ2) is 5.50. The number of sulfonamides is 1. The Morgan fingerprint density at radius 1 is 1.10 bits per heavy atom. The van der Waals surface area contributed by atoms with Gasteiger partial charge in [-0.25, -0.2) is 13.4 Å². The molecule has 0 unspecified atom stereocenters. The number of aryl methyl sites for hydroxylation is 2. The molecule has 5 nitrogen and oxygen atoms in total. The Balaban J connectivity index is 2.41. The summed E-state index contributed by atoms with van der Waals surface area (Å²) in [5.74, 6) is 0.327. The van der Waals surface area contributed by atoms with Crippen molar-refractivity contribution in [1.82, 2.24) is 4.98 Å². The number of rotatable bonds is 4. The van der Waals surface area contributed by atoms with Gasteiger partial charge in [0.25, 0.3) is 10.0 Å². The number of nitrogens with zero attached hydrogens (tertiary/aromatic N) is 1. The van der Waals surface area contributed by atoms with Crippen molar-refractivity contribution < 1.29 is 8.42 Å². The second-order valence-corrected chi connectivity index (χ2v) is 6.17. The van der Waals surface area contributed by atoms with E-state index in [0.29, 0.717) is 11.5 Å². The Hall–Kier alpha value is -2.08. The van der Waals surface area contributed by atoms with Crippen LogP contribution in [-0.4, -0.2) is 20.4 Å². The first-order valence-corrected chi connectivity index (χ1v) is 7.65. The molecule has 0 fully saturated rings. The molecular weight excluding hydrogens is 274 g/mol. The number of aromatic nitrogens is 1. The molecular formula is C14H17N3O2S. The fourth-order valence-electron chi connectivity index (χ4n) is 1.99. The molecule has 0 bridgehead atoms. The highest BCUT2D eigenvalue weighted by Crippen LogP contribution is 2.22. The predicted molar refractivity (Wildman–Crippen MR) is 80.5 cm³/mol. The number of pyridine rings is 1. The number of benzene rings is 1. The molecule has 1 aromatic heterocycles. The summed E-state index contributed by atoms with van der Waals surface area (Å²) in [5.41, 5.74) is 2.27. The molecule has 2 N–H and O–H groups in total. The highest BCUT2D eigenvalue weighted by atomic mass is 32.2. The zero-order valence-electron chi connectivity index (χ0n) is 11.6. The molecule has 0 saturated heterocycles. The van der Waals surface area contributed by atoms with Crippen LogP contribution in [0, 0.1) is 13.8 Å². The van der Waals surface area contributed by atoms with Crippen LogP contribution in [-0.2, 0) is 10.0 Å². The molecule has 0 aliphatic rings. The highest BCUT2D eigenvalue weighted by Gasteiger charge is 2.18. The van der Waals surface area contributed by atoms with E-state index in [1.165, 1.54) is 0 Å². The van der Waals surface area contributed by atoms with E-state index in [9.17, 15) is 8.42 Å². The number of anilines is 2. The number of hydrogen-bond donors (Lipinski definition) is 2. The van der Waals surface area contributed by atoms with E-state index in [1.807, 2.05) is 19.9 Å². The maximum atomic E-state index is 12.4. The van der Waals surface area contributed by atoms with Gasteiger partial charge in [-0.05, 0) is 43.7 Å². The minimum absolute atomic E-state index is 0.198. The molecule has 106 valence electrons. The van der Waals surface area contributed by atoms with Crippen molar-refractivity contribution in [3.63, 3.8) is 0 Å². The number of para-hydroxylation sites is 1. The van der Waals surface area contributed by atoms with Crippen molar-refractivity contribution in [2.75, 3.05) is 17.1 Å². The molecule has 0 amide bonds. The van der Waals surface area contributed by atoms with Crippen molar-refractivity contribution >= 4 is 21.5 Å². The SMILES string of the molecule is CNc1ccccc1S(=O)(=O)Nc1cc(C)cc(C)n1. The Bertz CT molecular complexity index is 707. The quantitative estimate of drug-likeness (QED) is 0.908. The van der Waals surface area contributed by atoms with Crippen LogP contribution >= 0.6 is 0 Å². The summed E-state index contributed by atoms with van der Waals surface area (Å²) in [6.45, 7) is 3.72. The summed E-state index contributed by atoms with van der Waals surface area (Å²) in [6, 6.07) is 10.3. The summed E-state index contributed by atoms with van der Waals surface area (Å²) in [5, 5.41) is 2.87. The van der Waals surface area contributed by atoms with Crippen molar-refractivity contribution in [3.8, 4) is 0 Å². The van der Waals surface area contributed by atoms with Gasteiger partial charge < -0.3 is 5.32 Å². The van der Waals surface area contributed by atoms with E-state index < -0.39 is 10.0 Å². The molecule has 0 aliphatic carbocycles. The summed E-state index contributed by atoms with van der Waals surface area (Å²) >= 11 is 0. The molecule has 0 atom stereocenters. The molecule has 1 aromatic carbocycles. The van der Waals surface area contributed by atoms with E-state index >= 15 is 0 Å². The van der Waals surface area contributed by atoms with Gasteiger partial charge in [-0.15, -0.1) is 0 Å². The lowest BCUT2D eigenvalue weighted by atomic mass is 10.2. The van der Waals surface area contributed by atoms with Crippen LogP contribution in [0.2, 0.25) is 0 Å². The maximum Gasteiger partial charge on any atom is 0.265 e. The average molecular weight is 291 g/mol. The van der Waals surface area contributed by atoms with Gasteiger partial charge in [0.2, 0.25) is 0 Å². The monoisotopic (exact) mass is 291 g/mol. The maximum absolute atomic E-state index is 12.4. The third-order valence-electron chi connectivity index (χ3n) is 2.78. The minimum Gasteiger partial charge on any atom is -0.387 e. The molecule has 20 heavy (non-hydrogen) atoms. The van der Waals surface area contributed by atoms with Crippen LogP contribution in [0.15, 0.2) is 41.3 Å². The van der Waals surface area contributed by atoms with Gasteiger partial charge in [0, 0.05) is 12.7 Å². The lowest BCUT2D eigenvalue weighted by Gasteiger charge is -2.12. The van der Waals surface area contributed by atoms with Crippen LogP contribution in [0.25, 0.3) is 0 Å². The Labute approximate surface area is 119 Å². The van der Waals surface area contributed by atoms with Gasteiger partial charge in [-0.2, -0.15) is 0 Å². The van der Waals surface area contributed by atoms with Crippen molar-refractivity contribution in [3.05, 3.63) is 47.7 Å². The molecule has 0 aliphatic heterocycles. The van der Waals surface area contributed by atoms with Crippen LogP contribution in [0.5, 0.6) is 0 Å². The van der Waals surface area contributed by atoms with E-state index in [-0.39, 0.29) is 4.90 Å². The summed E-state index contributed by atoms with van der Waals surface area (Å²) in [6.07, 6.45) is 0. The van der Waals surface area contributed by atoms with Crippen LogP contribution in [0.1, 0.15) is 11.3 Å². The van der Waals surface area contributed by atoms with E-state index in [1.54, 1.807) is 37.4 Å². The van der Waals surface area contributed by atoms with Crippen LogP contribution in [0.3, 0.4) is 0 Å². The smallest absolute Gasteiger partial charge is 0.265 e. The van der Waals surface area contributed by atoms with Crippen molar-refractivity contribution in [2.24, 2.45) is 0 Å². The van der Waals surface area contributed by atoms with Gasteiger partial charge in [-0.1, -0.05) is 12.1 Å². The largest absolute Gasteiger partial charge is 0.387 e. The lowest BCUT2D eigenvalue weighted by molar-refractivity contribution is 0.601.